The van der Waals surface area contributed by atoms with Gasteiger partial charge in [-0.1, -0.05) is 18.2 Å². The molecule has 11 heteroatoms. The highest BCUT2D eigenvalue weighted by molar-refractivity contribution is 6.32. The highest BCUT2D eigenvalue weighted by Gasteiger charge is 2.45. The van der Waals surface area contributed by atoms with Crippen LogP contribution in [0.3, 0.4) is 0 Å². The first kappa shape index (κ1) is 23.5. The van der Waals surface area contributed by atoms with Gasteiger partial charge in [0.05, 0.1) is 16.8 Å². The zero-order valence-corrected chi connectivity index (χ0v) is 18.2. The molecule has 178 valence electrons. The molecule has 4 rings (SSSR count). The number of carbonyl (C=O) groups is 1. The summed E-state index contributed by atoms with van der Waals surface area (Å²) >= 11 is 0. The molecule has 3 aromatic rings. The fourth-order valence-corrected chi connectivity index (χ4v) is 4.08. The third kappa shape index (κ3) is 3.29. The number of aryl methyl sites for hydroxylation is 2. The number of anilines is 1. The third-order valence-corrected chi connectivity index (χ3v) is 5.84. The number of rotatable bonds is 2. The van der Waals surface area contributed by atoms with Crippen LogP contribution in [0.4, 0.5) is 36.4 Å². The maximum absolute atomic E-state index is 14.5. The Labute approximate surface area is 188 Å². The lowest BCUT2D eigenvalue weighted by molar-refractivity contribution is -0.143. The van der Waals surface area contributed by atoms with E-state index in [4.69, 9.17) is 0 Å². The van der Waals surface area contributed by atoms with E-state index < -0.39 is 46.6 Å². The van der Waals surface area contributed by atoms with Gasteiger partial charge in [-0.25, -0.2) is 17.6 Å². The highest BCUT2D eigenvalue weighted by Crippen LogP contribution is 2.41. The first-order chi connectivity index (χ1) is 15.8. The molecule has 2 aromatic carbocycles. The summed E-state index contributed by atoms with van der Waals surface area (Å²) in [4.78, 5) is 13.0. The smallest absolute Gasteiger partial charge is 0.347 e. The van der Waals surface area contributed by atoms with E-state index in [9.17, 15) is 35.5 Å². The van der Waals surface area contributed by atoms with Crippen molar-refractivity contribution in [1.29, 1.82) is 0 Å². The number of amides is 1. The van der Waals surface area contributed by atoms with Crippen molar-refractivity contribution in [2.45, 2.75) is 26.9 Å². The van der Waals surface area contributed by atoms with Crippen LogP contribution >= 0.6 is 0 Å². The van der Waals surface area contributed by atoms with Gasteiger partial charge in [0.2, 0.25) is 0 Å². The normalized spacial score (nSPS) is 15.7. The number of aromatic nitrogens is 1. The number of hydrazone groups is 1. The minimum atomic E-state index is -5.70. The standard InChI is InChI=1S/C23H16F7N3O/c1-9-6-5-7-12-14(11(3)32(4)20(9)12)8-13-10(2)31-33(22(13)34)21-18(26)16(24)15(23(28,29)30)17(25)19(21)27/h5-8H,1-4H3/b13-8+. The van der Waals surface area contributed by atoms with Gasteiger partial charge in [-0.15, -0.1) is 0 Å². The Balaban J connectivity index is 1.88. The van der Waals surface area contributed by atoms with Crippen LogP contribution < -0.4 is 5.01 Å². The van der Waals surface area contributed by atoms with Gasteiger partial charge in [-0.3, -0.25) is 4.79 Å². The van der Waals surface area contributed by atoms with E-state index >= 15 is 0 Å². The number of carbonyl (C=O) groups excluding carboxylic acids is 1. The van der Waals surface area contributed by atoms with Crippen LogP contribution in [0.5, 0.6) is 0 Å². The summed E-state index contributed by atoms with van der Waals surface area (Å²) < 4.78 is 97.7. The van der Waals surface area contributed by atoms with E-state index in [2.05, 4.69) is 5.10 Å². The number of hydrogen-bond acceptors (Lipinski definition) is 2. The summed E-state index contributed by atoms with van der Waals surface area (Å²) in [7, 11) is 1.81. The van der Waals surface area contributed by atoms with Gasteiger partial charge in [0.1, 0.15) is 11.3 Å². The lowest BCUT2D eigenvalue weighted by Crippen LogP contribution is -2.26. The molecule has 0 radical (unpaired) electrons. The van der Waals surface area contributed by atoms with Gasteiger partial charge in [-0.2, -0.15) is 23.3 Å². The predicted octanol–water partition coefficient (Wildman–Crippen LogP) is 6.18. The SMILES string of the molecule is CC1=NN(c2c(F)c(F)c(C(F)(F)F)c(F)c2F)C(=O)/C1=C/c1c(C)n(C)c2c(C)cccc12. The minimum Gasteiger partial charge on any atom is -0.347 e. The lowest BCUT2D eigenvalue weighted by Gasteiger charge is -2.18. The van der Waals surface area contributed by atoms with E-state index in [1.807, 2.05) is 30.7 Å². The van der Waals surface area contributed by atoms with Crippen LogP contribution in [0.25, 0.3) is 17.0 Å². The molecule has 0 spiro atoms. The molecule has 0 saturated heterocycles. The van der Waals surface area contributed by atoms with Gasteiger partial charge >= 0.3 is 6.18 Å². The average Bonchev–Trinajstić information content (AvgIpc) is 3.15. The molecule has 0 aliphatic carbocycles. The maximum atomic E-state index is 14.5. The third-order valence-electron chi connectivity index (χ3n) is 5.84. The molecule has 0 saturated carbocycles. The first-order valence-electron chi connectivity index (χ1n) is 9.86. The monoisotopic (exact) mass is 483 g/mol. The van der Waals surface area contributed by atoms with Crippen LogP contribution in [0, 0.1) is 37.1 Å². The Morgan fingerprint density at radius 3 is 2.09 bits per heavy atom. The largest absolute Gasteiger partial charge is 0.422 e. The topological polar surface area (TPSA) is 37.6 Å². The molecule has 1 aliphatic heterocycles. The Hall–Kier alpha value is -3.63. The van der Waals surface area contributed by atoms with E-state index in [0.717, 1.165) is 22.2 Å². The Morgan fingerprint density at radius 2 is 1.53 bits per heavy atom. The molecule has 1 amide bonds. The Morgan fingerprint density at radius 1 is 0.941 bits per heavy atom. The molecule has 4 nitrogen and oxygen atoms in total. The van der Waals surface area contributed by atoms with Gasteiger partial charge in [0.15, 0.2) is 23.3 Å². The van der Waals surface area contributed by atoms with Crippen molar-refractivity contribution in [3.05, 3.63) is 69.4 Å². The van der Waals surface area contributed by atoms with Gasteiger partial charge in [0.25, 0.3) is 5.91 Å². The summed E-state index contributed by atoms with van der Waals surface area (Å²) in [5, 5.41) is 4.48. The van der Waals surface area contributed by atoms with E-state index in [1.165, 1.54) is 13.0 Å². The summed E-state index contributed by atoms with van der Waals surface area (Å²) in [6, 6.07) is 5.51. The zero-order valence-electron chi connectivity index (χ0n) is 18.2. The summed E-state index contributed by atoms with van der Waals surface area (Å²) in [5.41, 5.74) is -1.39. The summed E-state index contributed by atoms with van der Waals surface area (Å²) in [5.74, 6) is -11.2. The molecular formula is C23H16F7N3O. The first-order valence-corrected chi connectivity index (χ1v) is 9.86. The molecule has 34 heavy (non-hydrogen) atoms. The molecule has 2 heterocycles. The molecule has 0 bridgehead atoms. The Kier molecular flexibility index (Phi) is 5.34. The molecule has 0 atom stereocenters. The number of alkyl halides is 3. The number of hydrogen-bond donors (Lipinski definition) is 0. The second-order valence-electron chi connectivity index (χ2n) is 7.87. The highest BCUT2D eigenvalue weighted by atomic mass is 19.4. The molecule has 1 aliphatic rings. The molecule has 0 unspecified atom stereocenters. The number of halogens is 7. The summed E-state index contributed by atoms with van der Waals surface area (Å²) in [6.07, 6.45) is -4.28. The fourth-order valence-electron chi connectivity index (χ4n) is 4.08. The number of benzene rings is 2. The van der Waals surface area contributed by atoms with Crippen LogP contribution in [0.15, 0.2) is 28.9 Å². The van der Waals surface area contributed by atoms with Crippen molar-refractivity contribution < 1.29 is 35.5 Å². The van der Waals surface area contributed by atoms with Crippen molar-refractivity contribution in [1.82, 2.24) is 4.57 Å². The lowest BCUT2D eigenvalue weighted by atomic mass is 10.0. The van der Waals surface area contributed by atoms with Crippen LogP contribution in [0.1, 0.15) is 29.3 Å². The average molecular weight is 483 g/mol. The van der Waals surface area contributed by atoms with E-state index in [-0.39, 0.29) is 16.3 Å². The van der Waals surface area contributed by atoms with E-state index in [1.54, 1.807) is 13.0 Å². The number of para-hydroxylation sites is 1. The second kappa shape index (κ2) is 7.71. The Bertz CT molecular complexity index is 1420. The molecule has 0 fully saturated rings. The van der Waals surface area contributed by atoms with Gasteiger partial charge in [0, 0.05) is 23.7 Å². The zero-order chi connectivity index (χ0) is 25.3. The predicted molar refractivity (Wildman–Crippen MR) is 112 cm³/mol. The van der Waals surface area contributed by atoms with Crippen molar-refractivity contribution in [2.24, 2.45) is 12.1 Å². The van der Waals surface area contributed by atoms with Crippen LogP contribution in [-0.2, 0) is 18.0 Å². The fraction of sp³-hybridized carbons (Fsp3) is 0.217. The van der Waals surface area contributed by atoms with Gasteiger partial charge in [-0.05, 0) is 32.4 Å². The van der Waals surface area contributed by atoms with Crippen molar-refractivity contribution >= 4 is 34.3 Å². The van der Waals surface area contributed by atoms with Crippen molar-refractivity contribution in [3.63, 3.8) is 0 Å². The van der Waals surface area contributed by atoms with E-state index in [0.29, 0.717) is 5.56 Å². The second-order valence-corrected chi connectivity index (χ2v) is 7.87. The van der Waals surface area contributed by atoms with Crippen molar-refractivity contribution in [2.75, 3.05) is 5.01 Å². The maximum Gasteiger partial charge on any atom is 0.422 e. The quantitative estimate of drug-likeness (QED) is 0.244. The van der Waals surface area contributed by atoms with Gasteiger partial charge < -0.3 is 4.57 Å². The van der Waals surface area contributed by atoms with Crippen LogP contribution in [0.2, 0.25) is 0 Å². The molecular weight excluding hydrogens is 467 g/mol. The van der Waals surface area contributed by atoms with Crippen LogP contribution in [-0.4, -0.2) is 16.2 Å². The number of nitrogens with zero attached hydrogens (tertiary/aromatic N) is 3. The molecule has 0 N–H and O–H groups in total. The van der Waals surface area contributed by atoms with Crippen molar-refractivity contribution in [3.8, 4) is 0 Å². The number of fused-ring (bicyclic) bond motifs is 1. The minimum absolute atomic E-state index is 0.0316. The molecule has 1 aromatic heterocycles. The summed E-state index contributed by atoms with van der Waals surface area (Å²) in [6.45, 7) is 5.00.